The van der Waals surface area contributed by atoms with Gasteiger partial charge in [-0.2, -0.15) is 0 Å². The summed E-state index contributed by atoms with van der Waals surface area (Å²) in [6.45, 7) is 5.03. The second-order valence-electron chi connectivity index (χ2n) is 4.00. The lowest BCUT2D eigenvalue weighted by molar-refractivity contribution is 0.507. The summed E-state index contributed by atoms with van der Waals surface area (Å²) in [5.74, 6) is 1.24. The van der Waals surface area contributed by atoms with Gasteiger partial charge in [-0.05, 0) is 28.3 Å². The number of hydrogen-bond acceptors (Lipinski definition) is 4. The molecule has 0 spiro atoms. The molecule has 0 aliphatic heterocycles. The molecule has 1 heterocycles. The van der Waals surface area contributed by atoms with Crippen molar-refractivity contribution in [2.24, 2.45) is 11.7 Å². The maximum atomic E-state index is 5.93. The highest BCUT2D eigenvalue weighted by molar-refractivity contribution is 9.10. The average molecular weight is 273 g/mol. The van der Waals surface area contributed by atoms with E-state index >= 15 is 0 Å². The van der Waals surface area contributed by atoms with Crippen LogP contribution in [0, 0.1) is 5.92 Å². The third-order valence-corrected chi connectivity index (χ3v) is 2.33. The molecule has 0 fully saturated rings. The number of nitrogens with two attached hydrogens (primary N) is 1. The Bertz CT molecular complexity index is 286. The van der Waals surface area contributed by atoms with Gasteiger partial charge in [-0.3, -0.25) is 0 Å². The second-order valence-corrected chi connectivity index (χ2v) is 4.91. The van der Waals surface area contributed by atoms with Crippen molar-refractivity contribution in [3.8, 4) is 0 Å². The minimum absolute atomic E-state index is 0.150. The summed E-state index contributed by atoms with van der Waals surface area (Å²) in [7, 11) is 0. The molecule has 1 aromatic heterocycles. The van der Waals surface area contributed by atoms with Gasteiger partial charge in [-0.15, -0.1) is 0 Å². The predicted molar refractivity (Wildman–Crippen MR) is 65.7 cm³/mol. The van der Waals surface area contributed by atoms with E-state index in [1.54, 1.807) is 12.4 Å². The zero-order chi connectivity index (χ0) is 11.3. The monoisotopic (exact) mass is 272 g/mol. The zero-order valence-electron chi connectivity index (χ0n) is 9.07. The Hall–Kier alpha value is -0.680. The van der Waals surface area contributed by atoms with Gasteiger partial charge in [0.15, 0.2) is 0 Å². The summed E-state index contributed by atoms with van der Waals surface area (Å²) < 4.78 is 0.875. The van der Waals surface area contributed by atoms with Gasteiger partial charge >= 0.3 is 0 Å². The molecule has 4 nitrogen and oxygen atoms in total. The smallest absolute Gasteiger partial charge is 0.222 e. The summed E-state index contributed by atoms with van der Waals surface area (Å²) in [4.78, 5) is 8.21. The third kappa shape index (κ3) is 5.09. The summed E-state index contributed by atoms with van der Waals surface area (Å²) in [5.41, 5.74) is 5.93. The maximum absolute atomic E-state index is 5.93. The molecule has 1 aromatic rings. The van der Waals surface area contributed by atoms with Crippen molar-refractivity contribution in [3.05, 3.63) is 16.9 Å². The molecule has 0 saturated carbocycles. The van der Waals surface area contributed by atoms with Gasteiger partial charge in [0.2, 0.25) is 5.95 Å². The molecular weight excluding hydrogens is 256 g/mol. The molecule has 0 bridgehead atoms. The van der Waals surface area contributed by atoms with E-state index < -0.39 is 0 Å². The first kappa shape index (κ1) is 12.4. The van der Waals surface area contributed by atoms with Crippen molar-refractivity contribution >= 4 is 21.9 Å². The molecule has 0 aliphatic carbocycles. The molecule has 1 unspecified atom stereocenters. The highest BCUT2D eigenvalue weighted by Crippen LogP contribution is 2.07. The Morgan fingerprint density at radius 2 is 2.00 bits per heavy atom. The quantitative estimate of drug-likeness (QED) is 0.861. The van der Waals surface area contributed by atoms with E-state index in [0.717, 1.165) is 10.9 Å². The maximum Gasteiger partial charge on any atom is 0.222 e. The number of nitrogens with zero attached hydrogens (tertiary/aromatic N) is 2. The van der Waals surface area contributed by atoms with Crippen molar-refractivity contribution in [1.29, 1.82) is 0 Å². The molecule has 0 aromatic carbocycles. The number of rotatable bonds is 5. The van der Waals surface area contributed by atoms with E-state index in [2.05, 4.69) is 45.1 Å². The van der Waals surface area contributed by atoms with Crippen LogP contribution in [0.1, 0.15) is 20.3 Å². The van der Waals surface area contributed by atoms with Gasteiger partial charge in [0, 0.05) is 25.0 Å². The van der Waals surface area contributed by atoms with Gasteiger partial charge in [-0.25, -0.2) is 9.97 Å². The predicted octanol–water partition coefficient (Wildman–Crippen LogP) is 2.02. The van der Waals surface area contributed by atoms with Crippen molar-refractivity contribution < 1.29 is 0 Å². The third-order valence-electron chi connectivity index (χ3n) is 1.92. The van der Waals surface area contributed by atoms with Crippen LogP contribution in [0.2, 0.25) is 0 Å². The average Bonchev–Trinajstić information content (AvgIpc) is 2.16. The minimum Gasteiger partial charge on any atom is -0.353 e. The Morgan fingerprint density at radius 1 is 1.40 bits per heavy atom. The standard InChI is InChI=1S/C10H17BrN4/c1-7(2)3-9(12)6-15-10-13-4-8(11)5-14-10/h4-5,7,9H,3,6,12H2,1-2H3,(H,13,14,15). The molecule has 0 amide bonds. The van der Waals surface area contributed by atoms with E-state index in [9.17, 15) is 0 Å². The van der Waals surface area contributed by atoms with E-state index in [1.807, 2.05) is 0 Å². The zero-order valence-corrected chi connectivity index (χ0v) is 10.7. The molecule has 0 aliphatic rings. The van der Waals surface area contributed by atoms with Gasteiger partial charge in [0.25, 0.3) is 0 Å². The number of hydrogen-bond donors (Lipinski definition) is 2. The Labute approximate surface area is 98.8 Å². The van der Waals surface area contributed by atoms with Crippen LogP contribution in [0.4, 0.5) is 5.95 Å². The first-order chi connectivity index (χ1) is 7.08. The Balaban J connectivity index is 2.33. The van der Waals surface area contributed by atoms with Gasteiger partial charge in [0.1, 0.15) is 0 Å². The lowest BCUT2D eigenvalue weighted by Gasteiger charge is -2.14. The first-order valence-electron chi connectivity index (χ1n) is 5.05. The number of halogens is 1. The summed E-state index contributed by atoms with van der Waals surface area (Å²) in [6, 6.07) is 0.150. The highest BCUT2D eigenvalue weighted by atomic mass is 79.9. The van der Waals surface area contributed by atoms with Crippen LogP contribution in [0.5, 0.6) is 0 Å². The van der Waals surface area contributed by atoms with Crippen molar-refractivity contribution in [3.63, 3.8) is 0 Å². The molecule has 0 radical (unpaired) electrons. The van der Waals surface area contributed by atoms with Crippen LogP contribution >= 0.6 is 15.9 Å². The van der Waals surface area contributed by atoms with Crippen molar-refractivity contribution in [2.45, 2.75) is 26.3 Å². The lowest BCUT2D eigenvalue weighted by atomic mass is 10.0. The van der Waals surface area contributed by atoms with Crippen molar-refractivity contribution in [1.82, 2.24) is 9.97 Å². The molecule has 15 heavy (non-hydrogen) atoms. The number of nitrogens with one attached hydrogen (secondary N) is 1. The van der Waals surface area contributed by atoms with E-state index in [-0.39, 0.29) is 6.04 Å². The molecule has 5 heteroatoms. The molecule has 1 atom stereocenters. The van der Waals surface area contributed by atoms with Gasteiger partial charge in [-0.1, -0.05) is 13.8 Å². The van der Waals surface area contributed by atoms with Crippen LogP contribution in [-0.2, 0) is 0 Å². The molecule has 84 valence electrons. The second kappa shape index (κ2) is 6.02. The molecule has 1 rings (SSSR count). The fourth-order valence-electron chi connectivity index (χ4n) is 1.31. The topological polar surface area (TPSA) is 63.8 Å². The van der Waals surface area contributed by atoms with Crippen LogP contribution < -0.4 is 11.1 Å². The summed E-state index contributed by atoms with van der Waals surface area (Å²) in [6.07, 6.45) is 4.43. The van der Waals surface area contributed by atoms with Crippen LogP contribution in [0.25, 0.3) is 0 Å². The van der Waals surface area contributed by atoms with Crippen LogP contribution in [0.15, 0.2) is 16.9 Å². The van der Waals surface area contributed by atoms with Gasteiger partial charge < -0.3 is 11.1 Å². The van der Waals surface area contributed by atoms with E-state index in [4.69, 9.17) is 5.73 Å². The minimum atomic E-state index is 0.150. The van der Waals surface area contributed by atoms with Crippen LogP contribution in [0.3, 0.4) is 0 Å². The summed E-state index contributed by atoms with van der Waals surface area (Å²) in [5, 5.41) is 3.11. The normalized spacial score (nSPS) is 12.9. The fourth-order valence-corrected chi connectivity index (χ4v) is 1.52. The Morgan fingerprint density at radius 3 is 2.53 bits per heavy atom. The molecular formula is C10H17BrN4. The summed E-state index contributed by atoms with van der Waals surface area (Å²) >= 11 is 3.28. The largest absolute Gasteiger partial charge is 0.353 e. The van der Waals surface area contributed by atoms with Crippen LogP contribution in [-0.4, -0.2) is 22.6 Å². The lowest BCUT2D eigenvalue weighted by Crippen LogP contribution is -2.30. The fraction of sp³-hybridized carbons (Fsp3) is 0.600. The highest BCUT2D eigenvalue weighted by Gasteiger charge is 2.05. The van der Waals surface area contributed by atoms with E-state index in [1.165, 1.54) is 0 Å². The van der Waals surface area contributed by atoms with Gasteiger partial charge in [0.05, 0.1) is 4.47 Å². The number of aromatic nitrogens is 2. The Kier molecular flexibility index (Phi) is 4.98. The molecule has 3 N–H and O–H groups in total. The number of anilines is 1. The SMILES string of the molecule is CC(C)CC(N)CNc1ncc(Br)cn1. The molecule has 0 saturated heterocycles. The van der Waals surface area contributed by atoms with E-state index in [0.29, 0.717) is 18.4 Å². The first-order valence-corrected chi connectivity index (χ1v) is 5.84. The van der Waals surface area contributed by atoms with Crippen molar-refractivity contribution in [2.75, 3.05) is 11.9 Å².